The first-order valence-electron chi connectivity index (χ1n) is 9.24. The molecule has 140 valence electrons. The zero-order valence-electron chi connectivity index (χ0n) is 15.6. The van der Waals surface area contributed by atoms with Gasteiger partial charge in [-0.1, -0.05) is 12.1 Å². The number of pyridine rings is 1. The molecule has 5 nitrogen and oxygen atoms in total. The molecule has 1 aliphatic carbocycles. The molecule has 27 heavy (non-hydrogen) atoms. The van der Waals surface area contributed by atoms with Crippen LogP contribution < -0.4 is 19.6 Å². The molecule has 5 heteroatoms. The number of ether oxygens (including phenoxy) is 3. The number of nitrogens with one attached hydrogen (secondary N) is 1. The average Bonchev–Trinajstić information content (AvgIpc) is 3.22. The van der Waals surface area contributed by atoms with Crippen molar-refractivity contribution in [2.75, 3.05) is 14.2 Å². The first-order chi connectivity index (χ1) is 13.2. The Balaban J connectivity index is 1.83. The Kier molecular flexibility index (Phi) is 4.75. The van der Waals surface area contributed by atoms with Crippen molar-refractivity contribution in [2.24, 2.45) is 0 Å². The monoisotopic (exact) mass is 365 g/mol. The van der Waals surface area contributed by atoms with E-state index in [1.165, 1.54) is 12.8 Å². The molecular formula is C22H23NO4. The van der Waals surface area contributed by atoms with Crippen LogP contribution in [0.25, 0.3) is 22.0 Å². The first-order valence-corrected chi connectivity index (χ1v) is 9.24. The topological polar surface area (TPSA) is 60.6 Å². The molecule has 4 rings (SSSR count). The maximum atomic E-state index is 13.3. The van der Waals surface area contributed by atoms with Crippen molar-refractivity contribution in [2.45, 2.75) is 31.8 Å². The van der Waals surface area contributed by atoms with Gasteiger partial charge in [0.15, 0.2) is 0 Å². The lowest BCUT2D eigenvalue weighted by Gasteiger charge is -2.16. The van der Waals surface area contributed by atoms with Crippen molar-refractivity contribution in [3.63, 3.8) is 0 Å². The van der Waals surface area contributed by atoms with E-state index < -0.39 is 0 Å². The predicted molar refractivity (Wildman–Crippen MR) is 106 cm³/mol. The average molecular weight is 365 g/mol. The van der Waals surface area contributed by atoms with Gasteiger partial charge in [0.2, 0.25) is 5.43 Å². The van der Waals surface area contributed by atoms with Gasteiger partial charge in [-0.3, -0.25) is 4.79 Å². The SMILES string of the molecule is COc1ccc(-c2c[nH]c3c(OC4CCCC4)ccc(OC)c3c2=O)cc1. The van der Waals surface area contributed by atoms with E-state index in [1.54, 1.807) is 26.5 Å². The number of hydrogen-bond acceptors (Lipinski definition) is 4. The van der Waals surface area contributed by atoms with Crippen LogP contribution in [0.2, 0.25) is 0 Å². The Labute approximate surface area is 157 Å². The fourth-order valence-electron chi connectivity index (χ4n) is 3.72. The summed E-state index contributed by atoms with van der Waals surface area (Å²) in [5.74, 6) is 2.00. The molecule has 0 spiro atoms. The van der Waals surface area contributed by atoms with Crippen molar-refractivity contribution < 1.29 is 14.2 Å². The van der Waals surface area contributed by atoms with E-state index in [2.05, 4.69) is 4.98 Å². The second kappa shape index (κ2) is 7.35. The Morgan fingerprint density at radius 2 is 1.63 bits per heavy atom. The van der Waals surface area contributed by atoms with Gasteiger partial charge < -0.3 is 19.2 Å². The maximum absolute atomic E-state index is 13.3. The molecule has 0 atom stereocenters. The van der Waals surface area contributed by atoms with Gasteiger partial charge in [-0.05, 0) is 55.5 Å². The van der Waals surface area contributed by atoms with Crippen LogP contribution >= 0.6 is 0 Å². The quantitative estimate of drug-likeness (QED) is 0.721. The zero-order valence-corrected chi connectivity index (χ0v) is 15.6. The third-order valence-corrected chi connectivity index (χ3v) is 5.18. The highest BCUT2D eigenvalue weighted by atomic mass is 16.5. The summed E-state index contributed by atoms with van der Waals surface area (Å²) in [7, 11) is 3.19. The van der Waals surface area contributed by atoms with Gasteiger partial charge >= 0.3 is 0 Å². The largest absolute Gasteiger partial charge is 0.497 e. The standard InChI is InChI=1S/C22H23NO4/c1-25-15-9-7-14(8-10-15)17-13-23-21-19(27-16-5-3-4-6-16)12-11-18(26-2)20(21)22(17)24/h7-13,16H,3-6H2,1-2H3,(H,23,24). The third kappa shape index (κ3) is 3.25. The number of aromatic nitrogens is 1. The highest BCUT2D eigenvalue weighted by molar-refractivity contribution is 5.92. The summed E-state index contributed by atoms with van der Waals surface area (Å²) in [4.78, 5) is 16.5. The minimum Gasteiger partial charge on any atom is -0.497 e. The highest BCUT2D eigenvalue weighted by Gasteiger charge is 2.20. The molecule has 2 aromatic carbocycles. The number of rotatable bonds is 5. The number of hydrogen-bond donors (Lipinski definition) is 1. The molecule has 3 aromatic rings. The van der Waals surface area contributed by atoms with Crippen LogP contribution in [0.1, 0.15) is 25.7 Å². The molecule has 0 saturated heterocycles. The molecule has 0 amide bonds. The number of fused-ring (bicyclic) bond motifs is 1. The predicted octanol–water partition coefficient (Wildman–Crippen LogP) is 4.53. The second-order valence-corrected chi connectivity index (χ2v) is 6.80. The van der Waals surface area contributed by atoms with Gasteiger partial charge in [0.05, 0.1) is 31.2 Å². The molecule has 1 fully saturated rings. The fraction of sp³-hybridized carbons (Fsp3) is 0.318. The molecule has 1 aliphatic rings. The number of methoxy groups -OCH3 is 2. The van der Waals surface area contributed by atoms with Crippen molar-refractivity contribution in [1.82, 2.24) is 4.98 Å². The fourth-order valence-corrected chi connectivity index (χ4v) is 3.72. The zero-order chi connectivity index (χ0) is 18.8. The van der Waals surface area contributed by atoms with Crippen LogP contribution in [-0.2, 0) is 0 Å². The maximum Gasteiger partial charge on any atom is 0.201 e. The van der Waals surface area contributed by atoms with E-state index in [9.17, 15) is 4.79 Å². The van der Waals surface area contributed by atoms with E-state index in [-0.39, 0.29) is 11.5 Å². The summed E-state index contributed by atoms with van der Waals surface area (Å²) in [6.45, 7) is 0. The van der Waals surface area contributed by atoms with Crippen LogP contribution in [0.5, 0.6) is 17.2 Å². The van der Waals surface area contributed by atoms with Crippen LogP contribution in [0.4, 0.5) is 0 Å². The van der Waals surface area contributed by atoms with Gasteiger partial charge in [0.25, 0.3) is 0 Å². The van der Waals surface area contributed by atoms with Crippen LogP contribution in [0.3, 0.4) is 0 Å². The van der Waals surface area contributed by atoms with E-state index in [0.29, 0.717) is 28.0 Å². The summed E-state index contributed by atoms with van der Waals surface area (Å²) < 4.78 is 16.8. The lowest BCUT2D eigenvalue weighted by molar-refractivity contribution is 0.212. The van der Waals surface area contributed by atoms with Gasteiger partial charge in [-0.25, -0.2) is 0 Å². The third-order valence-electron chi connectivity index (χ3n) is 5.18. The Bertz CT molecular complexity index is 1000. The molecule has 1 heterocycles. The summed E-state index contributed by atoms with van der Waals surface area (Å²) in [5, 5.41) is 0.515. The number of aromatic amines is 1. The lowest BCUT2D eigenvalue weighted by Crippen LogP contribution is -2.13. The normalized spacial score (nSPS) is 14.4. The number of H-pyrrole nitrogens is 1. The summed E-state index contributed by atoms with van der Waals surface area (Å²) >= 11 is 0. The van der Waals surface area contributed by atoms with E-state index in [0.717, 1.165) is 24.2 Å². The molecule has 0 radical (unpaired) electrons. The molecule has 1 aromatic heterocycles. The molecule has 0 aliphatic heterocycles. The minimum atomic E-state index is -0.0809. The van der Waals surface area contributed by atoms with Gasteiger partial charge in [0, 0.05) is 11.8 Å². The Morgan fingerprint density at radius 1 is 0.926 bits per heavy atom. The smallest absolute Gasteiger partial charge is 0.201 e. The van der Waals surface area contributed by atoms with Crippen LogP contribution in [0, 0.1) is 0 Å². The highest BCUT2D eigenvalue weighted by Crippen LogP contribution is 2.34. The van der Waals surface area contributed by atoms with Crippen molar-refractivity contribution >= 4 is 10.9 Å². The number of benzene rings is 2. The first kappa shape index (κ1) is 17.5. The summed E-state index contributed by atoms with van der Waals surface area (Å²) in [6, 6.07) is 11.1. The van der Waals surface area contributed by atoms with E-state index in [1.807, 2.05) is 30.3 Å². The molecule has 0 unspecified atom stereocenters. The molecule has 1 saturated carbocycles. The van der Waals surface area contributed by atoms with Crippen LogP contribution in [-0.4, -0.2) is 25.3 Å². The molecule has 0 bridgehead atoms. The lowest BCUT2D eigenvalue weighted by atomic mass is 10.0. The summed E-state index contributed by atoms with van der Waals surface area (Å²) in [6.07, 6.45) is 6.45. The van der Waals surface area contributed by atoms with Crippen molar-refractivity contribution in [1.29, 1.82) is 0 Å². The van der Waals surface area contributed by atoms with Gasteiger partial charge in [-0.15, -0.1) is 0 Å². The van der Waals surface area contributed by atoms with Crippen molar-refractivity contribution in [3.8, 4) is 28.4 Å². The molecule has 1 N–H and O–H groups in total. The van der Waals surface area contributed by atoms with Gasteiger partial charge in [-0.2, -0.15) is 0 Å². The van der Waals surface area contributed by atoms with Gasteiger partial charge in [0.1, 0.15) is 17.2 Å². The van der Waals surface area contributed by atoms with Crippen molar-refractivity contribution in [3.05, 3.63) is 52.8 Å². The van der Waals surface area contributed by atoms with E-state index >= 15 is 0 Å². The Morgan fingerprint density at radius 3 is 2.30 bits per heavy atom. The van der Waals surface area contributed by atoms with Crippen LogP contribution in [0.15, 0.2) is 47.4 Å². The Hall–Kier alpha value is -2.95. The molecular weight excluding hydrogens is 342 g/mol. The summed E-state index contributed by atoms with van der Waals surface area (Å²) in [5.41, 5.74) is 2.01. The second-order valence-electron chi connectivity index (χ2n) is 6.80. The van der Waals surface area contributed by atoms with E-state index in [4.69, 9.17) is 14.2 Å². The minimum absolute atomic E-state index is 0.0809.